The lowest BCUT2D eigenvalue weighted by atomic mass is 10.2. The largest absolute Gasteiger partial charge is 0.360 e. The van der Waals surface area contributed by atoms with Gasteiger partial charge in [-0.1, -0.05) is 12.1 Å². The Morgan fingerprint density at radius 1 is 1.29 bits per heavy atom. The van der Waals surface area contributed by atoms with Crippen molar-refractivity contribution in [3.63, 3.8) is 0 Å². The molecule has 0 saturated carbocycles. The summed E-state index contributed by atoms with van der Waals surface area (Å²) >= 11 is 0. The second kappa shape index (κ2) is 5.16. The Kier molecular flexibility index (Phi) is 3.61. The van der Waals surface area contributed by atoms with E-state index in [1.54, 1.807) is 4.90 Å². The maximum absolute atomic E-state index is 11.6. The minimum atomic E-state index is 0.150. The molecule has 92 valence electrons. The molecule has 1 aliphatic heterocycles. The highest BCUT2D eigenvalue weighted by Crippen LogP contribution is 2.17. The zero-order valence-corrected chi connectivity index (χ0v) is 9.89. The molecule has 1 aromatic rings. The lowest BCUT2D eigenvalue weighted by Gasteiger charge is -2.33. The standard InChI is InChI=1S/C12H17N3O2/c1-14-6-7-15(9-12(14)16)11-4-2-10(3-5-11)8-13-17/h2-5,13,17H,6-9H2,1H3. The summed E-state index contributed by atoms with van der Waals surface area (Å²) in [4.78, 5) is 15.4. The van der Waals surface area contributed by atoms with Gasteiger partial charge in [-0.3, -0.25) is 4.79 Å². The highest BCUT2D eigenvalue weighted by atomic mass is 16.5. The highest BCUT2D eigenvalue weighted by molar-refractivity contribution is 5.82. The van der Waals surface area contributed by atoms with E-state index in [2.05, 4.69) is 10.4 Å². The average Bonchev–Trinajstić information content (AvgIpc) is 2.34. The molecular formula is C12H17N3O2. The minimum Gasteiger partial charge on any atom is -0.360 e. The summed E-state index contributed by atoms with van der Waals surface area (Å²) in [5.41, 5.74) is 4.18. The molecular weight excluding hydrogens is 218 g/mol. The van der Waals surface area contributed by atoms with Crippen molar-refractivity contribution in [3.05, 3.63) is 29.8 Å². The monoisotopic (exact) mass is 235 g/mol. The first-order valence-electron chi connectivity index (χ1n) is 5.65. The van der Waals surface area contributed by atoms with Crippen molar-refractivity contribution >= 4 is 11.6 Å². The molecule has 2 N–H and O–H groups in total. The molecule has 5 heteroatoms. The van der Waals surface area contributed by atoms with Crippen molar-refractivity contribution in [2.45, 2.75) is 6.54 Å². The second-order valence-corrected chi connectivity index (χ2v) is 4.24. The molecule has 1 amide bonds. The molecule has 0 unspecified atom stereocenters. The fourth-order valence-corrected chi connectivity index (χ4v) is 1.89. The van der Waals surface area contributed by atoms with Crippen LogP contribution in [-0.2, 0) is 11.3 Å². The summed E-state index contributed by atoms with van der Waals surface area (Å²) < 4.78 is 0. The van der Waals surface area contributed by atoms with Gasteiger partial charge in [0.05, 0.1) is 6.54 Å². The molecule has 0 spiro atoms. The van der Waals surface area contributed by atoms with Gasteiger partial charge in [-0.05, 0) is 17.7 Å². The van der Waals surface area contributed by atoms with Crippen LogP contribution in [0.5, 0.6) is 0 Å². The first-order chi connectivity index (χ1) is 8.20. The smallest absolute Gasteiger partial charge is 0.241 e. The van der Waals surface area contributed by atoms with Crippen LogP contribution in [0, 0.1) is 0 Å². The quantitative estimate of drug-likeness (QED) is 0.747. The molecule has 0 aliphatic carbocycles. The fourth-order valence-electron chi connectivity index (χ4n) is 1.89. The van der Waals surface area contributed by atoms with Crippen LogP contribution in [0.15, 0.2) is 24.3 Å². The molecule has 1 aliphatic rings. The molecule has 0 radical (unpaired) electrons. The number of nitrogens with zero attached hydrogens (tertiary/aromatic N) is 2. The fraction of sp³-hybridized carbons (Fsp3) is 0.417. The molecule has 0 atom stereocenters. The summed E-state index contributed by atoms with van der Waals surface area (Å²) in [6, 6.07) is 7.85. The molecule has 2 rings (SSSR count). The predicted molar refractivity (Wildman–Crippen MR) is 64.9 cm³/mol. The molecule has 1 heterocycles. The van der Waals surface area contributed by atoms with E-state index in [0.29, 0.717) is 13.1 Å². The molecule has 17 heavy (non-hydrogen) atoms. The number of nitrogens with one attached hydrogen (secondary N) is 1. The maximum Gasteiger partial charge on any atom is 0.241 e. The van der Waals surface area contributed by atoms with E-state index in [1.807, 2.05) is 31.3 Å². The number of hydroxylamine groups is 1. The number of carbonyl (C=O) groups is 1. The van der Waals surface area contributed by atoms with Gasteiger partial charge in [0.15, 0.2) is 0 Å². The molecule has 0 aromatic heterocycles. The van der Waals surface area contributed by atoms with Gasteiger partial charge in [0, 0.05) is 32.4 Å². The highest BCUT2D eigenvalue weighted by Gasteiger charge is 2.20. The van der Waals surface area contributed by atoms with E-state index in [-0.39, 0.29) is 5.91 Å². The van der Waals surface area contributed by atoms with E-state index < -0.39 is 0 Å². The number of benzene rings is 1. The normalized spacial score (nSPS) is 16.5. The van der Waals surface area contributed by atoms with Crippen LogP contribution in [0.3, 0.4) is 0 Å². The number of hydrogen-bond acceptors (Lipinski definition) is 4. The predicted octanol–water partition coefficient (Wildman–Crippen LogP) is 0.444. The van der Waals surface area contributed by atoms with Gasteiger partial charge >= 0.3 is 0 Å². The Morgan fingerprint density at radius 2 is 2.00 bits per heavy atom. The van der Waals surface area contributed by atoms with Crippen LogP contribution in [0.25, 0.3) is 0 Å². The van der Waals surface area contributed by atoms with E-state index in [1.165, 1.54) is 0 Å². The Hall–Kier alpha value is -1.59. The van der Waals surface area contributed by atoms with Crippen LogP contribution in [0.1, 0.15) is 5.56 Å². The van der Waals surface area contributed by atoms with Crippen molar-refractivity contribution in [3.8, 4) is 0 Å². The lowest BCUT2D eigenvalue weighted by Crippen LogP contribution is -2.48. The van der Waals surface area contributed by atoms with Gasteiger partial charge in [0.2, 0.25) is 5.91 Å². The molecule has 1 fully saturated rings. The SMILES string of the molecule is CN1CCN(c2ccc(CNO)cc2)CC1=O. The number of carbonyl (C=O) groups excluding carboxylic acids is 1. The second-order valence-electron chi connectivity index (χ2n) is 4.24. The Labute approximate surface area is 101 Å². The van der Waals surface area contributed by atoms with Gasteiger partial charge in [-0.15, -0.1) is 0 Å². The topological polar surface area (TPSA) is 55.8 Å². The Bertz CT molecular complexity index is 391. The first kappa shape index (κ1) is 11.9. The summed E-state index contributed by atoms with van der Waals surface area (Å²) in [5.74, 6) is 0.150. The van der Waals surface area contributed by atoms with Crippen molar-refractivity contribution in [2.24, 2.45) is 0 Å². The molecule has 0 bridgehead atoms. The molecule has 5 nitrogen and oxygen atoms in total. The summed E-state index contributed by atoms with van der Waals surface area (Å²) in [6.45, 7) is 2.49. The molecule has 1 saturated heterocycles. The summed E-state index contributed by atoms with van der Waals surface area (Å²) in [6.07, 6.45) is 0. The van der Waals surface area contributed by atoms with Crippen molar-refractivity contribution in [2.75, 3.05) is 31.6 Å². The maximum atomic E-state index is 11.6. The third-order valence-electron chi connectivity index (χ3n) is 3.04. The number of hydrogen-bond donors (Lipinski definition) is 2. The van der Waals surface area contributed by atoms with Gasteiger partial charge in [0.25, 0.3) is 0 Å². The van der Waals surface area contributed by atoms with Crippen molar-refractivity contribution in [1.82, 2.24) is 10.4 Å². The Morgan fingerprint density at radius 3 is 2.59 bits per heavy atom. The van der Waals surface area contributed by atoms with Crippen LogP contribution in [-0.4, -0.2) is 42.7 Å². The van der Waals surface area contributed by atoms with Crippen LogP contribution in [0.2, 0.25) is 0 Å². The van der Waals surface area contributed by atoms with Gasteiger partial charge in [-0.2, -0.15) is 0 Å². The first-order valence-corrected chi connectivity index (χ1v) is 5.65. The van der Waals surface area contributed by atoms with Gasteiger partial charge in [0.1, 0.15) is 0 Å². The number of likely N-dealkylation sites (N-methyl/N-ethyl adjacent to an activating group) is 1. The Balaban J connectivity index is 2.05. The van der Waals surface area contributed by atoms with E-state index in [9.17, 15) is 4.79 Å². The van der Waals surface area contributed by atoms with E-state index >= 15 is 0 Å². The zero-order valence-electron chi connectivity index (χ0n) is 9.89. The van der Waals surface area contributed by atoms with E-state index in [0.717, 1.165) is 24.3 Å². The van der Waals surface area contributed by atoms with Gasteiger partial charge in [-0.25, -0.2) is 5.48 Å². The van der Waals surface area contributed by atoms with Crippen LogP contribution in [0.4, 0.5) is 5.69 Å². The zero-order chi connectivity index (χ0) is 12.3. The number of amides is 1. The summed E-state index contributed by atoms with van der Waals surface area (Å²) in [5, 5.41) is 8.59. The van der Waals surface area contributed by atoms with Crippen molar-refractivity contribution < 1.29 is 10.0 Å². The average molecular weight is 235 g/mol. The molecule has 1 aromatic carbocycles. The number of rotatable bonds is 3. The van der Waals surface area contributed by atoms with Crippen LogP contribution >= 0.6 is 0 Å². The van der Waals surface area contributed by atoms with Crippen molar-refractivity contribution in [1.29, 1.82) is 0 Å². The van der Waals surface area contributed by atoms with E-state index in [4.69, 9.17) is 5.21 Å². The summed E-state index contributed by atoms with van der Waals surface area (Å²) in [7, 11) is 1.83. The number of anilines is 1. The van der Waals surface area contributed by atoms with Gasteiger partial charge < -0.3 is 15.0 Å². The minimum absolute atomic E-state index is 0.150. The lowest BCUT2D eigenvalue weighted by molar-refractivity contribution is -0.129. The third-order valence-corrected chi connectivity index (χ3v) is 3.04. The number of piperazine rings is 1. The third kappa shape index (κ3) is 2.75. The van der Waals surface area contributed by atoms with Crippen LogP contribution < -0.4 is 10.4 Å².